The first-order valence-corrected chi connectivity index (χ1v) is 5.70. The summed E-state index contributed by atoms with van der Waals surface area (Å²) in [4.78, 5) is 1.90. The highest BCUT2D eigenvalue weighted by molar-refractivity contribution is 5.74. The van der Waals surface area contributed by atoms with Gasteiger partial charge in [0.05, 0.1) is 11.4 Å². The number of nitrogens with zero attached hydrogens (tertiary/aromatic N) is 1. The van der Waals surface area contributed by atoms with Gasteiger partial charge in [-0.2, -0.15) is 0 Å². The second-order valence-corrected chi connectivity index (χ2v) is 3.92. The average molecular weight is 248 g/mol. The summed E-state index contributed by atoms with van der Waals surface area (Å²) in [5.41, 5.74) is 7.70. The van der Waals surface area contributed by atoms with E-state index in [2.05, 4.69) is 0 Å². The zero-order valence-electron chi connectivity index (χ0n) is 10.0. The van der Waals surface area contributed by atoms with Crippen molar-refractivity contribution in [1.82, 2.24) is 0 Å². The van der Waals surface area contributed by atoms with Gasteiger partial charge in [-0.1, -0.05) is 0 Å². The maximum Gasteiger partial charge on any atom is 0.125 e. The zero-order chi connectivity index (χ0) is 13.1. The summed E-state index contributed by atoms with van der Waals surface area (Å²) in [5.74, 6) is -0.659. The molecule has 0 radical (unpaired) electrons. The van der Waals surface area contributed by atoms with Crippen LogP contribution in [0, 0.1) is 11.6 Å². The lowest BCUT2D eigenvalue weighted by Gasteiger charge is -2.24. The molecule has 2 aromatic carbocycles. The highest BCUT2D eigenvalue weighted by Gasteiger charge is 2.11. The van der Waals surface area contributed by atoms with Crippen molar-refractivity contribution < 1.29 is 8.78 Å². The van der Waals surface area contributed by atoms with Crippen molar-refractivity contribution in [3.63, 3.8) is 0 Å². The highest BCUT2D eigenvalue weighted by atomic mass is 19.1. The van der Waals surface area contributed by atoms with Crippen LogP contribution in [0.25, 0.3) is 0 Å². The van der Waals surface area contributed by atoms with E-state index in [4.69, 9.17) is 5.73 Å². The van der Waals surface area contributed by atoms with E-state index in [0.29, 0.717) is 17.9 Å². The van der Waals surface area contributed by atoms with Gasteiger partial charge in [-0.15, -0.1) is 0 Å². The number of hydrogen-bond donors (Lipinski definition) is 1. The van der Waals surface area contributed by atoms with Gasteiger partial charge in [-0.25, -0.2) is 8.78 Å². The summed E-state index contributed by atoms with van der Waals surface area (Å²) in [6.45, 7) is 2.60. The number of benzene rings is 2. The monoisotopic (exact) mass is 248 g/mol. The van der Waals surface area contributed by atoms with Crippen LogP contribution in [0.2, 0.25) is 0 Å². The normalized spacial score (nSPS) is 10.4. The van der Waals surface area contributed by atoms with Crippen molar-refractivity contribution >= 4 is 17.1 Å². The summed E-state index contributed by atoms with van der Waals surface area (Å²) >= 11 is 0. The van der Waals surface area contributed by atoms with E-state index in [1.54, 1.807) is 18.2 Å². The van der Waals surface area contributed by atoms with E-state index in [1.807, 2.05) is 11.8 Å². The Balaban J connectivity index is 2.41. The van der Waals surface area contributed by atoms with Crippen molar-refractivity contribution in [2.75, 3.05) is 17.2 Å². The molecule has 0 fully saturated rings. The lowest BCUT2D eigenvalue weighted by atomic mass is 10.2. The Hall–Kier alpha value is -2.10. The molecule has 4 heteroatoms. The Morgan fingerprint density at radius 1 is 1.00 bits per heavy atom. The molecular formula is C14H14F2N2. The third-order valence-electron chi connectivity index (χ3n) is 2.73. The van der Waals surface area contributed by atoms with E-state index < -0.39 is 0 Å². The molecule has 2 aromatic rings. The van der Waals surface area contributed by atoms with E-state index in [-0.39, 0.29) is 11.6 Å². The molecule has 94 valence electrons. The van der Waals surface area contributed by atoms with Gasteiger partial charge in [-0.05, 0) is 49.4 Å². The Morgan fingerprint density at radius 3 is 2.17 bits per heavy atom. The summed E-state index contributed by atoms with van der Waals surface area (Å²) in [6, 6.07) is 10.4. The van der Waals surface area contributed by atoms with Crippen molar-refractivity contribution in [2.24, 2.45) is 0 Å². The van der Waals surface area contributed by atoms with Gasteiger partial charge in [0.15, 0.2) is 0 Å². The third-order valence-corrected chi connectivity index (χ3v) is 2.73. The van der Waals surface area contributed by atoms with E-state index >= 15 is 0 Å². The SMILES string of the molecule is CCN(c1ccc(F)cc1)c1ccc(F)cc1N. The second kappa shape index (κ2) is 5.04. The molecule has 18 heavy (non-hydrogen) atoms. The number of nitrogen functional groups attached to an aromatic ring is 1. The van der Waals surface area contributed by atoms with Crippen LogP contribution in [-0.4, -0.2) is 6.54 Å². The zero-order valence-corrected chi connectivity index (χ0v) is 10.0. The second-order valence-electron chi connectivity index (χ2n) is 3.92. The Kier molecular flexibility index (Phi) is 3.46. The fourth-order valence-corrected chi connectivity index (χ4v) is 1.88. The van der Waals surface area contributed by atoms with Crippen LogP contribution in [0.5, 0.6) is 0 Å². The van der Waals surface area contributed by atoms with Crippen LogP contribution in [0.15, 0.2) is 42.5 Å². The van der Waals surface area contributed by atoms with Crippen molar-refractivity contribution in [2.45, 2.75) is 6.92 Å². The van der Waals surface area contributed by atoms with Gasteiger partial charge in [0.2, 0.25) is 0 Å². The van der Waals surface area contributed by atoms with Gasteiger partial charge in [0.25, 0.3) is 0 Å². The molecule has 0 spiro atoms. The number of hydrogen-bond acceptors (Lipinski definition) is 2. The lowest BCUT2D eigenvalue weighted by molar-refractivity contribution is 0.628. The lowest BCUT2D eigenvalue weighted by Crippen LogP contribution is -2.17. The van der Waals surface area contributed by atoms with Gasteiger partial charge in [-0.3, -0.25) is 0 Å². The van der Waals surface area contributed by atoms with E-state index in [9.17, 15) is 8.78 Å². The molecule has 0 aliphatic rings. The van der Waals surface area contributed by atoms with E-state index in [0.717, 1.165) is 5.69 Å². The minimum Gasteiger partial charge on any atom is -0.397 e. The van der Waals surface area contributed by atoms with Crippen LogP contribution >= 0.6 is 0 Å². The summed E-state index contributed by atoms with van der Waals surface area (Å²) in [7, 11) is 0. The van der Waals surface area contributed by atoms with Crippen LogP contribution in [0.1, 0.15) is 6.92 Å². The average Bonchev–Trinajstić information content (AvgIpc) is 2.35. The van der Waals surface area contributed by atoms with E-state index in [1.165, 1.54) is 24.3 Å². The Morgan fingerprint density at radius 2 is 1.61 bits per heavy atom. The molecule has 0 heterocycles. The number of nitrogens with two attached hydrogens (primary N) is 1. The summed E-state index contributed by atoms with van der Waals surface area (Å²) in [6.07, 6.45) is 0. The highest BCUT2D eigenvalue weighted by Crippen LogP contribution is 2.30. The quantitative estimate of drug-likeness (QED) is 0.839. The van der Waals surface area contributed by atoms with Crippen molar-refractivity contribution in [1.29, 1.82) is 0 Å². The molecule has 0 amide bonds. The molecular weight excluding hydrogens is 234 g/mol. The topological polar surface area (TPSA) is 29.3 Å². The van der Waals surface area contributed by atoms with Crippen LogP contribution in [0.3, 0.4) is 0 Å². The number of rotatable bonds is 3. The van der Waals surface area contributed by atoms with Gasteiger partial charge in [0, 0.05) is 12.2 Å². The standard InChI is InChI=1S/C14H14F2N2/c1-2-18(12-6-3-10(15)4-7-12)14-8-5-11(16)9-13(14)17/h3-9H,2,17H2,1H3. The van der Waals surface area contributed by atoms with Crippen molar-refractivity contribution in [3.05, 3.63) is 54.1 Å². The van der Waals surface area contributed by atoms with Gasteiger partial charge in [0.1, 0.15) is 11.6 Å². The molecule has 0 aromatic heterocycles. The molecule has 2 rings (SSSR count). The minimum atomic E-state index is -0.369. The Bertz CT molecular complexity index is 538. The number of halogens is 2. The molecule has 0 bridgehead atoms. The maximum atomic E-state index is 13.0. The summed E-state index contributed by atoms with van der Waals surface area (Å²) in [5, 5.41) is 0. The Labute approximate surface area is 105 Å². The predicted octanol–water partition coefficient (Wildman–Crippen LogP) is 3.71. The molecule has 2 nitrogen and oxygen atoms in total. The molecule has 2 N–H and O–H groups in total. The fraction of sp³-hybridized carbons (Fsp3) is 0.143. The maximum absolute atomic E-state index is 13.0. The third kappa shape index (κ3) is 2.42. The number of anilines is 3. The predicted molar refractivity (Wildman–Crippen MR) is 69.9 cm³/mol. The van der Waals surface area contributed by atoms with Crippen molar-refractivity contribution in [3.8, 4) is 0 Å². The van der Waals surface area contributed by atoms with Crippen LogP contribution < -0.4 is 10.6 Å². The summed E-state index contributed by atoms with van der Waals surface area (Å²) < 4.78 is 25.9. The molecule has 0 unspecified atom stereocenters. The molecule has 0 atom stereocenters. The molecule has 0 aliphatic heterocycles. The smallest absolute Gasteiger partial charge is 0.125 e. The van der Waals surface area contributed by atoms with Crippen LogP contribution in [-0.2, 0) is 0 Å². The van der Waals surface area contributed by atoms with Crippen LogP contribution in [0.4, 0.5) is 25.8 Å². The first-order chi connectivity index (χ1) is 8.61. The first kappa shape index (κ1) is 12.4. The minimum absolute atomic E-state index is 0.290. The molecule has 0 saturated carbocycles. The first-order valence-electron chi connectivity index (χ1n) is 5.70. The van der Waals surface area contributed by atoms with Gasteiger partial charge < -0.3 is 10.6 Å². The van der Waals surface area contributed by atoms with Gasteiger partial charge >= 0.3 is 0 Å². The molecule has 0 aliphatic carbocycles. The largest absolute Gasteiger partial charge is 0.397 e. The fourth-order valence-electron chi connectivity index (χ4n) is 1.88. The molecule has 0 saturated heterocycles.